The Bertz CT molecular complexity index is 1040. The van der Waals surface area contributed by atoms with Crippen molar-refractivity contribution in [3.63, 3.8) is 0 Å². The molecule has 0 radical (unpaired) electrons. The Labute approximate surface area is 177 Å². The molecule has 0 spiro atoms. The second-order valence-corrected chi connectivity index (χ2v) is 7.39. The van der Waals surface area contributed by atoms with Crippen LogP contribution in [0.5, 0.6) is 0 Å². The van der Waals surface area contributed by atoms with E-state index < -0.39 is 5.97 Å². The van der Waals surface area contributed by atoms with E-state index in [0.717, 1.165) is 11.1 Å². The highest BCUT2D eigenvalue weighted by Gasteiger charge is 2.22. The second kappa shape index (κ2) is 9.41. The maximum atomic E-state index is 12.6. The van der Waals surface area contributed by atoms with Crippen LogP contribution in [0.4, 0.5) is 10.7 Å². The molecule has 0 saturated carbocycles. The lowest BCUT2D eigenvalue weighted by atomic mass is 10.0. The summed E-state index contributed by atoms with van der Waals surface area (Å²) >= 11 is 7.22. The van der Waals surface area contributed by atoms with Crippen molar-refractivity contribution < 1.29 is 14.3 Å². The second-order valence-electron chi connectivity index (χ2n) is 6.07. The van der Waals surface area contributed by atoms with E-state index in [0.29, 0.717) is 26.8 Å². The third-order valence-corrected chi connectivity index (χ3v) is 5.17. The van der Waals surface area contributed by atoms with Crippen molar-refractivity contribution in [1.29, 1.82) is 0 Å². The largest absolute Gasteiger partial charge is 0.462 e. The quantitative estimate of drug-likeness (QED) is 0.310. The van der Waals surface area contributed by atoms with E-state index in [4.69, 9.17) is 22.1 Å². The van der Waals surface area contributed by atoms with Gasteiger partial charge >= 0.3 is 5.97 Å². The molecule has 0 aliphatic heterocycles. The monoisotopic (exact) mass is 426 g/mol. The Morgan fingerprint density at radius 3 is 2.48 bits per heavy atom. The van der Waals surface area contributed by atoms with Crippen LogP contribution >= 0.6 is 22.9 Å². The number of rotatable bonds is 6. The van der Waals surface area contributed by atoms with E-state index in [2.05, 4.69) is 5.32 Å². The van der Waals surface area contributed by atoms with Crippen LogP contribution in [0.3, 0.4) is 0 Å². The average molecular weight is 427 g/mol. The Morgan fingerprint density at radius 1 is 1.14 bits per heavy atom. The number of halogens is 1. The van der Waals surface area contributed by atoms with Gasteiger partial charge in [0.05, 0.1) is 6.61 Å². The van der Waals surface area contributed by atoms with Crippen LogP contribution in [0, 0.1) is 0 Å². The molecule has 1 amide bonds. The maximum Gasteiger partial charge on any atom is 0.341 e. The summed E-state index contributed by atoms with van der Waals surface area (Å²) < 4.78 is 5.20. The first-order valence-corrected chi connectivity index (χ1v) is 10.1. The summed E-state index contributed by atoms with van der Waals surface area (Å²) in [5.74, 6) is -0.839. The molecule has 0 atom stereocenters. The highest BCUT2D eigenvalue weighted by molar-refractivity contribution is 7.15. The van der Waals surface area contributed by atoms with Crippen LogP contribution in [-0.4, -0.2) is 18.5 Å². The van der Waals surface area contributed by atoms with Crippen LogP contribution < -0.4 is 11.1 Å². The predicted octanol–water partition coefficient (Wildman–Crippen LogP) is 5.48. The number of nitrogens with two attached hydrogens (primary N) is 1. The Morgan fingerprint density at radius 2 is 1.83 bits per heavy atom. The molecule has 2 aromatic carbocycles. The minimum absolute atomic E-state index is 0.235. The first-order chi connectivity index (χ1) is 14.0. The molecule has 0 unspecified atom stereocenters. The summed E-state index contributed by atoms with van der Waals surface area (Å²) in [5, 5.41) is 5.62. The zero-order valence-corrected chi connectivity index (χ0v) is 17.2. The van der Waals surface area contributed by atoms with Crippen molar-refractivity contribution in [1.82, 2.24) is 0 Å². The van der Waals surface area contributed by atoms with Crippen LogP contribution in [0.25, 0.3) is 17.2 Å². The summed E-state index contributed by atoms with van der Waals surface area (Å²) in [6.45, 7) is 1.97. The Balaban J connectivity index is 1.86. The number of hydrogen-bond donors (Lipinski definition) is 2. The van der Waals surface area contributed by atoms with Gasteiger partial charge in [0.25, 0.3) is 0 Å². The number of amides is 1. The molecule has 0 aliphatic rings. The fraction of sp³-hybridized carbons (Fsp3) is 0.0909. The van der Waals surface area contributed by atoms with E-state index in [1.807, 2.05) is 29.6 Å². The number of ether oxygens (including phenoxy) is 1. The smallest absolute Gasteiger partial charge is 0.341 e. The summed E-state index contributed by atoms with van der Waals surface area (Å²) in [6, 6.07) is 14.3. The summed E-state index contributed by atoms with van der Waals surface area (Å²) in [5.41, 5.74) is 8.97. The zero-order valence-electron chi connectivity index (χ0n) is 15.6. The molecule has 3 rings (SSSR count). The van der Waals surface area contributed by atoms with Crippen molar-refractivity contribution in [2.24, 2.45) is 0 Å². The van der Waals surface area contributed by atoms with Crippen molar-refractivity contribution in [3.8, 4) is 11.1 Å². The molecular formula is C22H19ClN2O3S. The van der Waals surface area contributed by atoms with Gasteiger partial charge < -0.3 is 15.8 Å². The fourth-order valence-corrected chi connectivity index (χ4v) is 3.72. The lowest BCUT2D eigenvalue weighted by Gasteiger charge is -2.08. The van der Waals surface area contributed by atoms with Gasteiger partial charge in [0.2, 0.25) is 5.91 Å². The number of nitrogens with one attached hydrogen (secondary N) is 1. The highest BCUT2D eigenvalue weighted by atomic mass is 35.5. The molecule has 0 fully saturated rings. The van der Waals surface area contributed by atoms with Gasteiger partial charge in [0.1, 0.15) is 10.6 Å². The van der Waals surface area contributed by atoms with E-state index in [9.17, 15) is 9.59 Å². The van der Waals surface area contributed by atoms with Crippen molar-refractivity contribution in [2.75, 3.05) is 17.7 Å². The van der Waals surface area contributed by atoms with Gasteiger partial charge in [-0.1, -0.05) is 35.9 Å². The Kier molecular flexibility index (Phi) is 6.69. The van der Waals surface area contributed by atoms with Crippen LogP contribution in [0.15, 0.2) is 60.0 Å². The molecule has 1 aromatic heterocycles. The van der Waals surface area contributed by atoms with Gasteiger partial charge in [-0.05, 0) is 48.4 Å². The molecule has 0 bridgehead atoms. The van der Waals surface area contributed by atoms with Crippen LogP contribution in [-0.2, 0) is 9.53 Å². The minimum atomic E-state index is -0.489. The van der Waals surface area contributed by atoms with Gasteiger partial charge in [0.15, 0.2) is 0 Å². The summed E-state index contributed by atoms with van der Waals surface area (Å²) in [6.07, 6.45) is 3.08. The molecular weight excluding hydrogens is 408 g/mol. The summed E-state index contributed by atoms with van der Waals surface area (Å²) in [7, 11) is 0. The molecule has 0 aliphatic carbocycles. The average Bonchev–Trinajstić information content (AvgIpc) is 3.12. The number of thiophene rings is 1. The topological polar surface area (TPSA) is 81.4 Å². The number of carbonyl (C=O) groups is 2. The standard InChI is InChI=1S/C22H19ClN2O3S/c1-2-28-22(27)20-18(15-6-8-16(23)9-7-15)13-29-21(20)25-19(26)12-5-14-3-10-17(24)11-4-14/h3-13H,2,24H2,1H3,(H,25,26)/b12-5+. The third kappa shape index (κ3) is 5.25. The molecule has 3 N–H and O–H groups in total. The maximum absolute atomic E-state index is 12.6. The fourth-order valence-electron chi connectivity index (χ4n) is 2.63. The number of esters is 1. The Hall–Kier alpha value is -3.09. The van der Waals surface area contributed by atoms with Crippen LogP contribution in [0.1, 0.15) is 22.8 Å². The van der Waals surface area contributed by atoms with Gasteiger partial charge in [-0.15, -0.1) is 11.3 Å². The van der Waals surface area contributed by atoms with Crippen molar-refractivity contribution in [3.05, 3.63) is 76.1 Å². The number of benzene rings is 2. The molecule has 3 aromatic rings. The molecule has 7 heteroatoms. The first-order valence-electron chi connectivity index (χ1n) is 8.87. The molecule has 0 saturated heterocycles. The molecule has 148 valence electrons. The minimum Gasteiger partial charge on any atom is -0.462 e. The number of carbonyl (C=O) groups excluding carboxylic acids is 2. The third-order valence-electron chi connectivity index (χ3n) is 4.03. The predicted molar refractivity (Wildman–Crippen MR) is 119 cm³/mol. The van der Waals surface area contributed by atoms with Gasteiger partial charge in [-0.25, -0.2) is 4.79 Å². The first kappa shape index (κ1) is 20.6. The van der Waals surface area contributed by atoms with Crippen molar-refractivity contribution in [2.45, 2.75) is 6.92 Å². The molecule has 29 heavy (non-hydrogen) atoms. The normalized spacial score (nSPS) is 10.8. The number of anilines is 2. The number of hydrogen-bond acceptors (Lipinski definition) is 5. The SMILES string of the molecule is CCOC(=O)c1c(-c2ccc(Cl)cc2)csc1NC(=O)/C=C/c1ccc(N)cc1. The highest BCUT2D eigenvalue weighted by Crippen LogP contribution is 2.36. The van der Waals surface area contributed by atoms with Crippen molar-refractivity contribution >= 4 is 51.6 Å². The zero-order chi connectivity index (χ0) is 20.8. The lowest BCUT2D eigenvalue weighted by molar-refractivity contribution is -0.111. The van der Waals surface area contributed by atoms with Crippen LogP contribution in [0.2, 0.25) is 5.02 Å². The molecule has 5 nitrogen and oxygen atoms in total. The van der Waals surface area contributed by atoms with Gasteiger partial charge in [-0.2, -0.15) is 0 Å². The van der Waals surface area contributed by atoms with Gasteiger partial charge in [0, 0.05) is 27.7 Å². The van der Waals surface area contributed by atoms with E-state index in [1.165, 1.54) is 17.4 Å². The van der Waals surface area contributed by atoms with E-state index in [1.54, 1.807) is 37.3 Å². The lowest BCUT2D eigenvalue weighted by Crippen LogP contribution is -2.12. The molecule has 1 heterocycles. The number of nitrogen functional groups attached to an aromatic ring is 1. The van der Waals surface area contributed by atoms with E-state index >= 15 is 0 Å². The summed E-state index contributed by atoms with van der Waals surface area (Å²) in [4.78, 5) is 24.9. The van der Waals surface area contributed by atoms with Gasteiger partial charge in [-0.3, -0.25) is 4.79 Å². The van der Waals surface area contributed by atoms with E-state index in [-0.39, 0.29) is 12.5 Å².